The molecule has 0 amide bonds. The van der Waals surface area contributed by atoms with Crippen LogP contribution in [0.5, 0.6) is 0 Å². The van der Waals surface area contributed by atoms with Crippen LogP contribution in [-0.4, -0.2) is 11.0 Å². The van der Waals surface area contributed by atoms with Gasteiger partial charge in [0.2, 0.25) is 0 Å². The van der Waals surface area contributed by atoms with E-state index in [1.807, 2.05) is 48.5 Å². The van der Waals surface area contributed by atoms with Crippen molar-refractivity contribution in [3.8, 4) is 0 Å². The number of aromatic nitrogens is 1. The van der Waals surface area contributed by atoms with Crippen LogP contribution in [0, 0.1) is 3.70 Å². The summed E-state index contributed by atoms with van der Waals surface area (Å²) >= 11 is 2.15. The molecule has 0 aliphatic rings. The number of benzene rings is 2. The van der Waals surface area contributed by atoms with Gasteiger partial charge in [-0.3, -0.25) is 0 Å². The van der Waals surface area contributed by atoms with Gasteiger partial charge in [0.15, 0.2) is 0 Å². The van der Waals surface area contributed by atoms with E-state index in [1.54, 1.807) is 12.1 Å². The van der Waals surface area contributed by atoms with Crippen LogP contribution in [0.25, 0.3) is 10.9 Å². The van der Waals surface area contributed by atoms with Gasteiger partial charge in [-0.25, -0.2) is 9.78 Å². The maximum atomic E-state index is 12.1. The molecule has 3 rings (SSSR count). The molecule has 0 N–H and O–H groups in total. The first-order valence-electron chi connectivity index (χ1n) is 6.50. The van der Waals surface area contributed by atoms with Crippen molar-refractivity contribution in [3.63, 3.8) is 0 Å². The Labute approximate surface area is 136 Å². The molecule has 21 heavy (non-hydrogen) atoms. The maximum Gasteiger partial charge on any atom is 0.338 e. The second-order valence-electron chi connectivity index (χ2n) is 4.60. The molecule has 0 spiro atoms. The number of pyridine rings is 1. The summed E-state index contributed by atoms with van der Waals surface area (Å²) in [7, 11) is 0. The minimum Gasteiger partial charge on any atom is -0.457 e. The normalized spacial score (nSPS) is 10.5. The lowest BCUT2D eigenvalue weighted by molar-refractivity contribution is 0.0473. The van der Waals surface area contributed by atoms with Gasteiger partial charge in [-0.2, -0.15) is 0 Å². The van der Waals surface area contributed by atoms with Crippen molar-refractivity contribution in [3.05, 3.63) is 75.5 Å². The van der Waals surface area contributed by atoms with E-state index < -0.39 is 0 Å². The minimum absolute atomic E-state index is 0.275. The van der Waals surface area contributed by atoms with Crippen LogP contribution < -0.4 is 0 Å². The van der Waals surface area contributed by atoms with Crippen LogP contribution in [-0.2, 0) is 11.3 Å². The van der Waals surface area contributed by atoms with Gasteiger partial charge in [-0.15, -0.1) is 0 Å². The molecular weight excluding hydrogens is 377 g/mol. The minimum atomic E-state index is -0.332. The van der Waals surface area contributed by atoms with E-state index in [4.69, 9.17) is 4.74 Å². The number of esters is 1. The molecule has 3 nitrogen and oxygen atoms in total. The van der Waals surface area contributed by atoms with Crippen molar-refractivity contribution in [2.75, 3.05) is 0 Å². The van der Waals surface area contributed by atoms with Gasteiger partial charge in [0, 0.05) is 5.39 Å². The summed E-state index contributed by atoms with van der Waals surface area (Å²) in [5.41, 5.74) is 2.29. The summed E-state index contributed by atoms with van der Waals surface area (Å²) in [4.78, 5) is 16.5. The number of fused-ring (bicyclic) bond motifs is 1. The third kappa shape index (κ3) is 3.39. The highest BCUT2D eigenvalue weighted by Crippen LogP contribution is 2.17. The zero-order valence-corrected chi connectivity index (χ0v) is 13.3. The van der Waals surface area contributed by atoms with E-state index in [2.05, 4.69) is 27.6 Å². The average Bonchev–Trinajstić information content (AvgIpc) is 2.53. The van der Waals surface area contributed by atoms with E-state index in [-0.39, 0.29) is 12.6 Å². The predicted octanol–water partition coefficient (Wildman–Crippen LogP) is 4.20. The third-order valence-corrected chi connectivity index (χ3v) is 3.71. The zero-order valence-electron chi connectivity index (χ0n) is 11.1. The molecular formula is C17H12INO2. The Morgan fingerprint density at radius 3 is 2.62 bits per heavy atom. The second kappa shape index (κ2) is 6.22. The van der Waals surface area contributed by atoms with Crippen LogP contribution in [0.15, 0.2) is 60.7 Å². The van der Waals surface area contributed by atoms with E-state index in [0.717, 1.165) is 20.2 Å². The molecule has 0 aliphatic heterocycles. The Kier molecular flexibility index (Phi) is 4.15. The fourth-order valence-corrected chi connectivity index (χ4v) is 2.47. The molecule has 0 saturated carbocycles. The van der Waals surface area contributed by atoms with Crippen LogP contribution in [0.3, 0.4) is 0 Å². The van der Waals surface area contributed by atoms with Gasteiger partial charge in [-0.05, 0) is 46.4 Å². The number of carbonyl (C=O) groups is 1. The van der Waals surface area contributed by atoms with Crippen LogP contribution in [0.1, 0.15) is 15.9 Å². The lowest BCUT2D eigenvalue weighted by Gasteiger charge is -2.06. The molecule has 3 aromatic rings. The molecule has 1 heterocycles. The molecule has 4 heteroatoms. The Bertz CT molecular complexity index is 787. The molecule has 0 aliphatic carbocycles. The van der Waals surface area contributed by atoms with Crippen molar-refractivity contribution < 1.29 is 9.53 Å². The van der Waals surface area contributed by atoms with Gasteiger partial charge in [-0.1, -0.05) is 42.5 Å². The average molecular weight is 389 g/mol. The number of hydrogen-bond acceptors (Lipinski definition) is 3. The molecule has 0 atom stereocenters. The van der Waals surface area contributed by atoms with Gasteiger partial charge in [0.1, 0.15) is 10.3 Å². The molecule has 0 fully saturated rings. The number of ether oxygens (including phenoxy) is 1. The highest BCUT2D eigenvalue weighted by Gasteiger charge is 2.09. The van der Waals surface area contributed by atoms with Gasteiger partial charge in [0.25, 0.3) is 0 Å². The fraction of sp³-hybridized carbons (Fsp3) is 0.0588. The molecule has 2 aromatic carbocycles. The summed E-state index contributed by atoms with van der Waals surface area (Å²) in [6, 6.07) is 19.0. The molecule has 0 unspecified atom stereocenters. The van der Waals surface area contributed by atoms with Gasteiger partial charge >= 0.3 is 5.97 Å². The quantitative estimate of drug-likeness (QED) is 0.383. The van der Waals surface area contributed by atoms with Gasteiger partial charge < -0.3 is 4.74 Å². The summed E-state index contributed by atoms with van der Waals surface area (Å²) in [6.45, 7) is 0.275. The predicted molar refractivity (Wildman–Crippen MR) is 90.0 cm³/mol. The fourth-order valence-electron chi connectivity index (χ4n) is 2.03. The first-order valence-corrected chi connectivity index (χ1v) is 7.57. The SMILES string of the molecule is O=C(OCc1ccccc1)c1ccc2ccc(I)nc2c1. The third-order valence-electron chi connectivity index (χ3n) is 3.11. The summed E-state index contributed by atoms with van der Waals surface area (Å²) in [6.07, 6.45) is 0. The number of hydrogen-bond donors (Lipinski definition) is 0. The number of halogens is 1. The summed E-state index contributed by atoms with van der Waals surface area (Å²) < 4.78 is 6.22. The molecule has 0 saturated heterocycles. The molecule has 1 aromatic heterocycles. The smallest absolute Gasteiger partial charge is 0.338 e. The molecule has 0 radical (unpaired) electrons. The Morgan fingerprint density at radius 1 is 1.05 bits per heavy atom. The van der Waals surface area contributed by atoms with Crippen LogP contribution in [0.4, 0.5) is 0 Å². The maximum absolute atomic E-state index is 12.1. The molecule has 0 bridgehead atoms. The monoisotopic (exact) mass is 389 g/mol. The second-order valence-corrected chi connectivity index (χ2v) is 5.71. The standard InChI is InChI=1S/C17H12INO2/c18-16-9-8-13-6-7-14(10-15(13)19-16)17(20)21-11-12-4-2-1-3-5-12/h1-10H,11H2. The van der Waals surface area contributed by atoms with Crippen molar-refractivity contribution in [2.45, 2.75) is 6.61 Å². The summed E-state index contributed by atoms with van der Waals surface area (Å²) in [5.74, 6) is -0.332. The lowest BCUT2D eigenvalue weighted by atomic mass is 10.1. The largest absolute Gasteiger partial charge is 0.457 e. The first-order chi connectivity index (χ1) is 10.2. The Morgan fingerprint density at radius 2 is 1.81 bits per heavy atom. The number of nitrogens with zero attached hydrogens (tertiary/aromatic N) is 1. The number of carbonyl (C=O) groups excluding carboxylic acids is 1. The van der Waals surface area contributed by atoms with Crippen molar-refractivity contribution in [1.29, 1.82) is 0 Å². The van der Waals surface area contributed by atoms with Crippen molar-refractivity contribution in [1.82, 2.24) is 4.98 Å². The lowest BCUT2D eigenvalue weighted by Crippen LogP contribution is -2.05. The Hall–Kier alpha value is -1.95. The van der Waals surface area contributed by atoms with Crippen molar-refractivity contribution >= 4 is 39.5 Å². The van der Waals surface area contributed by atoms with Crippen LogP contribution in [0.2, 0.25) is 0 Å². The van der Waals surface area contributed by atoms with E-state index >= 15 is 0 Å². The molecule has 104 valence electrons. The first kappa shape index (κ1) is 14.0. The topological polar surface area (TPSA) is 39.2 Å². The van der Waals surface area contributed by atoms with E-state index in [1.165, 1.54) is 0 Å². The Balaban J connectivity index is 1.78. The van der Waals surface area contributed by atoms with E-state index in [9.17, 15) is 4.79 Å². The number of rotatable bonds is 3. The summed E-state index contributed by atoms with van der Waals surface area (Å²) in [5, 5.41) is 1.01. The van der Waals surface area contributed by atoms with Gasteiger partial charge in [0.05, 0.1) is 11.1 Å². The van der Waals surface area contributed by atoms with Crippen LogP contribution >= 0.6 is 22.6 Å². The van der Waals surface area contributed by atoms with Crippen molar-refractivity contribution in [2.24, 2.45) is 0 Å². The highest BCUT2D eigenvalue weighted by molar-refractivity contribution is 14.1. The zero-order chi connectivity index (χ0) is 14.7. The van der Waals surface area contributed by atoms with E-state index in [0.29, 0.717) is 5.56 Å². The highest BCUT2D eigenvalue weighted by atomic mass is 127.